The quantitative estimate of drug-likeness (QED) is 0.832. The molecule has 106 valence electrons. The summed E-state index contributed by atoms with van der Waals surface area (Å²) in [6.07, 6.45) is 5.57. The molecule has 1 aliphatic heterocycles. The number of rotatable bonds is 3. The van der Waals surface area contributed by atoms with Crippen molar-refractivity contribution in [1.29, 1.82) is 0 Å². The lowest BCUT2D eigenvalue weighted by atomic mass is 9.79. The van der Waals surface area contributed by atoms with Crippen LogP contribution < -0.4 is 5.73 Å². The predicted molar refractivity (Wildman–Crippen MR) is 77.6 cm³/mol. The van der Waals surface area contributed by atoms with Crippen LogP contribution in [0.5, 0.6) is 0 Å². The van der Waals surface area contributed by atoms with Crippen molar-refractivity contribution in [2.24, 2.45) is 17.6 Å². The van der Waals surface area contributed by atoms with E-state index in [1.807, 2.05) is 0 Å². The summed E-state index contributed by atoms with van der Waals surface area (Å²) in [4.78, 5) is 5.20. The Morgan fingerprint density at radius 2 is 1.56 bits per heavy atom. The maximum Gasteiger partial charge on any atom is 0.0195 e. The van der Waals surface area contributed by atoms with Gasteiger partial charge in [0.1, 0.15) is 0 Å². The van der Waals surface area contributed by atoms with Gasteiger partial charge in [-0.1, -0.05) is 12.8 Å². The average Bonchev–Trinajstić information content (AvgIpc) is 2.36. The summed E-state index contributed by atoms with van der Waals surface area (Å²) in [6.45, 7) is 9.34. The second kappa shape index (κ2) is 6.36. The van der Waals surface area contributed by atoms with E-state index in [1.54, 1.807) is 0 Å². The fourth-order valence-electron chi connectivity index (χ4n) is 3.83. The van der Waals surface area contributed by atoms with Crippen LogP contribution in [-0.2, 0) is 0 Å². The Morgan fingerprint density at radius 1 is 1.00 bits per heavy atom. The highest BCUT2D eigenvalue weighted by Crippen LogP contribution is 2.30. The average molecular weight is 253 g/mol. The first-order valence-electron chi connectivity index (χ1n) is 7.76. The van der Waals surface area contributed by atoms with Crippen LogP contribution in [0.4, 0.5) is 0 Å². The third kappa shape index (κ3) is 3.25. The van der Waals surface area contributed by atoms with Gasteiger partial charge < -0.3 is 5.73 Å². The maximum atomic E-state index is 5.95. The van der Waals surface area contributed by atoms with Crippen LogP contribution in [0.3, 0.4) is 0 Å². The van der Waals surface area contributed by atoms with Crippen LogP contribution in [0.2, 0.25) is 0 Å². The van der Waals surface area contributed by atoms with Gasteiger partial charge in [-0.15, -0.1) is 0 Å². The van der Waals surface area contributed by atoms with E-state index in [1.165, 1.54) is 45.3 Å². The zero-order valence-corrected chi connectivity index (χ0v) is 12.4. The summed E-state index contributed by atoms with van der Waals surface area (Å²) in [5.41, 5.74) is 5.95. The summed E-state index contributed by atoms with van der Waals surface area (Å²) in [7, 11) is 2.26. The minimum atomic E-state index is 0.689. The summed E-state index contributed by atoms with van der Waals surface area (Å²) in [5.74, 6) is 1.63. The van der Waals surface area contributed by atoms with Crippen LogP contribution in [0, 0.1) is 11.8 Å². The van der Waals surface area contributed by atoms with Crippen molar-refractivity contribution in [2.75, 3.05) is 33.2 Å². The van der Waals surface area contributed by atoms with Crippen molar-refractivity contribution in [3.63, 3.8) is 0 Å². The number of nitrogens with two attached hydrogens (primary N) is 1. The van der Waals surface area contributed by atoms with Crippen molar-refractivity contribution in [2.45, 2.75) is 51.6 Å². The Balaban J connectivity index is 1.88. The monoisotopic (exact) mass is 253 g/mol. The van der Waals surface area contributed by atoms with Crippen LogP contribution >= 0.6 is 0 Å². The lowest BCUT2D eigenvalue weighted by Gasteiger charge is -2.45. The minimum absolute atomic E-state index is 0.689. The summed E-state index contributed by atoms with van der Waals surface area (Å²) >= 11 is 0. The molecule has 0 aromatic carbocycles. The molecule has 0 bridgehead atoms. The Labute approximate surface area is 113 Å². The molecule has 1 aliphatic carbocycles. The third-order valence-electron chi connectivity index (χ3n) is 5.30. The molecule has 1 saturated carbocycles. The first-order chi connectivity index (χ1) is 8.61. The van der Waals surface area contributed by atoms with Gasteiger partial charge in [0.05, 0.1) is 0 Å². The molecular weight excluding hydrogens is 222 g/mol. The van der Waals surface area contributed by atoms with Gasteiger partial charge in [0.2, 0.25) is 0 Å². The van der Waals surface area contributed by atoms with Gasteiger partial charge in [-0.05, 0) is 52.1 Å². The highest BCUT2D eigenvalue weighted by Gasteiger charge is 2.30. The molecule has 18 heavy (non-hydrogen) atoms. The second-order valence-electron chi connectivity index (χ2n) is 6.62. The minimum Gasteiger partial charge on any atom is -0.330 e. The number of hydrogen-bond acceptors (Lipinski definition) is 3. The second-order valence-corrected chi connectivity index (χ2v) is 6.62. The fraction of sp³-hybridized carbons (Fsp3) is 1.00. The molecule has 1 heterocycles. The number of likely N-dealkylation sites (N-methyl/N-ethyl adjacent to an activating group) is 1. The van der Waals surface area contributed by atoms with Crippen LogP contribution in [0.25, 0.3) is 0 Å². The van der Waals surface area contributed by atoms with Crippen LogP contribution in [0.15, 0.2) is 0 Å². The van der Waals surface area contributed by atoms with Gasteiger partial charge >= 0.3 is 0 Å². The topological polar surface area (TPSA) is 32.5 Å². The standard InChI is InChI=1S/C15H31N3/c1-12-9-18(10-13(2)17(12)3)11-15-7-5-4-6-14(15)8-16/h12-15H,4-11,16H2,1-3H3. The number of piperazine rings is 1. The van der Waals surface area contributed by atoms with Crippen molar-refractivity contribution in [3.8, 4) is 0 Å². The van der Waals surface area contributed by atoms with E-state index >= 15 is 0 Å². The zero-order valence-electron chi connectivity index (χ0n) is 12.4. The Kier molecular flexibility index (Phi) is 5.05. The van der Waals surface area contributed by atoms with E-state index in [4.69, 9.17) is 5.73 Å². The van der Waals surface area contributed by atoms with Crippen molar-refractivity contribution in [3.05, 3.63) is 0 Å². The van der Waals surface area contributed by atoms with E-state index in [0.717, 1.165) is 18.4 Å². The molecule has 0 aromatic heterocycles. The summed E-state index contributed by atoms with van der Waals surface area (Å²) in [5, 5.41) is 0. The maximum absolute atomic E-state index is 5.95. The third-order valence-corrected chi connectivity index (χ3v) is 5.30. The normalized spacial score (nSPS) is 40.0. The molecule has 0 spiro atoms. The van der Waals surface area contributed by atoms with E-state index in [2.05, 4.69) is 30.7 Å². The van der Waals surface area contributed by atoms with E-state index < -0.39 is 0 Å². The molecule has 2 fully saturated rings. The molecule has 1 saturated heterocycles. The largest absolute Gasteiger partial charge is 0.330 e. The molecule has 0 amide bonds. The van der Waals surface area contributed by atoms with Gasteiger partial charge in [0, 0.05) is 31.7 Å². The Morgan fingerprint density at radius 3 is 2.11 bits per heavy atom. The van der Waals surface area contributed by atoms with Gasteiger partial charge in [-0.3, -0.25) is 9.80 Å². The van der Waals surface area contributed by atoms with Gasteiger partial charge in [-0.25, -0.2) is 0 Å². The molecule has 0 radical (unpaired) electrons. The zero-order chi connectivity index (χ0) is 13.1. The molecule has 2 aliphatic rings. The summed E-state index contributed by atoms with van der Waals surface area (Å²) < 4.78 is 0. The van der Waals surface area contributed by atoms with Crippen molar-refractivity contribution in [1.82, 2.24) is 9.80 Å². The summed E-state index contributed by atoms with van der Waals surface area (Å²) in [6, 6.07) is 1.38. The van der Waals surface area contributed by atoms with E-state index in [9.17, 15) is 0 Å². The number of nitrogens with zero attached hydrogens (tertiary/aromatic N) is 2. The van der Waals surface area contributed by atoms with Gasteiger partial charge in [0.15, 0.2) is 0 Å². The van der Waals surface area contributed by atoms with E-state index in [-0.39, 0.29) is 0 Å². The Hall–Kier alpha value is -0.120. The molecule has 4 atom stereocenters. The lowest BCUT2D eigenvalue weighted by molar-refractivity contribution is 0.0387. The molecule has 3 heteroatoms. The smallest absolute Gasteiger partial charge is 0.0195 e. The predicted octanol–water partition coefficient (Wildman–Crippen LogP) is 1.78. The highest BCUT2D eigenvalue weighted by molar-refractivity contribution is 4.86. The van der Waals surface area contributed by atoms with Gasteiger partial charge in [0.25, 0.3) is 0 Å². The van der Waals surface area contributed by atoms with Crippen LogP contribution in [0.1, 0.15) is 39.5 Å². The molecule has 2 N–H and O–H groups in total. The number of hydrogen-bond donors (Lipinski definition) is 1. The lowest BCUT2D eigenvalue weighted by Crippen LogP contribution is -2.56. The first-order valence-corrected chi connectivity index (χ1v) is 7.76. The Bertz CT molecular complexity index is 244. The molecule has 2 rings (SSSR count). The van der Waals surface area contributed by atoms with Crippen molar-refractivity contribution < 1.29 is 0 Å². The highest BCUT2D eigenvalue weighted by atomic mass is 15.3. The SMILES string of the molecule is CC1CN(CC2CCCCC2CN)CC(C)N1C. The van der Waals surface area contributed by atoms with Gasteiger partial charge in [-0.2, -0.15) is 0 Å². The molecule has 4 unspecified atom stereocenters. The van der Waals surface area contributed by atoms with Crippen LogP contribution in [-0.4, -0.2) is 55.1 Å². The molecular formula is C15H31N3. The molecule has 3 nitrogen and oxygen atoms in total. The van der Waals surface area contributed by atoms with E-state index in [0.29, 0.717) is 12.1 Å². The van der Waals surface area contributed by atoms with Crippen molar-refractivity contribution >= 4 is 0 Å². The molecule has 0 aromatic rings. The first kappa shape index (κ1) is 14.3. The fourth-order valence-corrected chi connectivity index (χ4v) is 3.83.